The molecule has 0 spiro atoms. The van der Waals surface area contributed by atoms with E-state index in [9.17, 15) is 9.59 Å². The number of aromatic nitrogens is 3. The van der Waals surface area contributed by atoms with Crippen LogP contribution in [0.25, 0.3) is 10.9 Å². The molecule has 0 bridgehead atoms. The first-order valence-corrected chi connectivity index (χ1v) is 8.52. The van der Waals surface area contributed by atoms with Crippen molar-refractivity contribution in [3.63, 3.8) is 0 Å². The van der Waals surface area contributed by atoms with Crippen LogP contribution >= 0.6 is 0 Å². The van der Waals surface area contributed by atoms with E-state index in [-0.39, 0.29) is 17.6 Å². The van der Waals surface area contributed by atoms with Crippen LogP contribution in [0.2, 0.25) is 0 Å². The van der Waals surface area contributed by atoms with Crippen molar-refractivity contribution in [2.75, 3.05) is 7.05 Å². The highest BCUT2D eigenvalue weighted by atomic mass is 16.2. The maximum absolute atomic E-state index is 12.7. The van der Waals surface area contributed by atoms with E-state index in [2.05, 4.69) is 15.2 Å². The van der Waals surface area contributed by atoms with Crippen molar-refractivity contribution >= 4 is 22.7 Å². The molecule has 7 nitrogen and oxygen atoms in total. The number of carbonyl (C=O) groups is 2. The number of pyridine rings is 1. The fourth-order valence-electron chi connectivity index (χ4n) is 3.11. The lowest BCUT2D eigenvalue weighted by molar-refractivity contribution is 0.0779. The second kappa shape index (κ2) is 6.25. The number of carbonyl (C=O) groups excluding carboxylic acids is 2. The predicted octanol–water partition coefficient (Wildman–Crippen LogP) is 1.88. The van der Waals surface area contributed by atoms with Gasteiger partial charge in [0.15, 0.2) is 0 Å². The molecular weight excluding hydrogens is 330 g/mol. The molecule has 0 radical (unpaired) electrons. The smallest absolute Gasteiger partial charge is 0.272 e. The van der Waals surface area contributed by atoms with Gasteiger partial charge in [0.1, 0.15) is 5.69 Å². The standard InChI is InChI=1S/C19H19N5O2/c1-24(15-5-6-15)19(26)16-9-13(18(20)25)8-14(22-16)7-11-3-2-4-12-10-21-23-17(11)12/h2-4,8-10,15H,5-7H2,1H3,(H2,20,25)(H,21,23). The third-order valence-electron chi connectivity index (χ3n) is 4.73. The number of aromatic amines is 1. The van der Waals surface area contributed by atoms with Crippen LogP contribution in [0, 0.1) is 0 Å². The Labute approximate surface area is 150 Å². The Hall–Kier alpha value is -3.22. The predicted molar refractivity (Wildman–Crippen MR) is 96.8 cm³/mol. The van der Waals surface area contributed by atoms with Crippen LogP contribution in [-0.4, -0.2) is 45.0 Å². The molecule has 2 amide bonds. The first kappa shape index (κ1) is 16.3. The molecule has 0 saturated heterocycles. The summed E-state index contributed by atoms with van der Waals surface area (Å²) in [6.45, 7) is 0. The number of amides is 2. The van der Waals surface area contributed by atoms with Crippen molar-refractivity contribution in [1.82, 2.24) is 20.1 Å². The van der Waals surface area contributed by atoms with E-state index >= 15 is 0 Å². The van der Waals surface area contributed by atoms with Gasteiger partial charge in [0.25, 0.3) is 5.91 Å². The van der Waals surface area contributed by atoms with Crippen LogP contribution < -0.4 is 5.73 Å². The van der Waals surface area contributed by atoms with Gasteiger partial charge in [-0.15, -0.1) is 0 Å². The van der Waals surface area contributed by atoms with Gasteiger partial charge in [-0.3, -0.25) is 14.7 Å². The van der Waals surface area contributed by atoms with Crippen LogP contribution in [0.5, 0.6) is 0 Å². The zero-order valence-electron chi connectivity index (χ0n) is 14.4. The van der Waals surface area contributed by atoms with Gasteiger partial charge in [0, 0.05) is 36.2 Å². The summed E-state index contributed by atoms with van der Waals surface area (Å²) in [5.74, 6) is -0.756. The van der Waals surface area contributed by atoms with Crippen LogP contribution in [0.3, 0.4) is 0 Å². The zero-order valence-corrected chi connectivity index (χ0v) is 14.4. The van der Waals surface area contributed by atoms with E-state index in [0.29, 0.717) is 17.7 Å². The van der Waals surface area contributed by atoms with Gasteiger partial charge in [0.2, 0.25) is 5.91 Å². The monoisotopic (exact) mass is 349 g/mol. The Morgan fingerprint density at radius 3 is 2.85 bits per heavy atom. The largest absolute Gasteiger partial charge is 0.366 e. The van der Waals surface area contributed by atoms with Crippen molar-refractivity contribution in [3.05, 3.63) is 59.0 Å². The van der Waals surface area contributed by atoms with Crippen molar-refractivity contribution < 1.29 is 9.59 Å². The number of fused-ring (bicyclic) bond motifs is 1. The number of benzene rings is 1. The van der Waals surface area contributed by atoms with E-state index in [1.54, 1.807) is 24.2 Å². The van der Waals surface area contributed by atoms with E-state index in [0.717, 1.165) is 29.3 Å². The fourth-order valence-corrected chi connectivity index (χ4v) is 3.11. The van der Waals surface area contributed by atoms with Gasteiger partial charge in [-0.1, -0.05) is 18.2 Å². The highest BCUT2D eigenvalue weighted by molar-refractivity contribution is 5.98. The molecule has 3 aromatic rings. The number of hydrogen-bond acceptors (Lipinski definition) is 4. The second-order valence-corrected chi connectivity index (χ2v) is 6.67. The lowest BCUT2D eigenvalue weighted by Gasteiger charge is -2.16. The summed E-state index contributed by atoms with van der Waals surface area (Å²) in [5, 5.41) is 8.04. The molecule has 3 N–H and O–H groups in total. The molecule has 1 saturated carbocycles. The van der Waals surface area contributed by atoms with Crippen LogP contribution in [0.15, 0.2) is 36.5 Å². The summed E-state index contributed by atoms with van der Waals surface area (Å²) >= 11 is 0. The molecule has 0 atom stereocenters. The Bertz CT molecular complexity index is 1010. The van der Waals surface area contributed by atoms with Gasteiger partial charge >= 0.3 is 0 Å². The average Bonchev–Trinajstić information content (AvgIpc) is 3.37. The average molecular weight is 349 g/mol. The minimum Gasteiger partial charge on any atom is -0.366 e. The minimum atomic E-state index is -0.573. The molecule has 132 valence electrons. The van der Waals surface area contributed by atoms with E-state index in [4.69, 9.17) is 5.73 Å². The first-order valence-electron chi connectivity index (χ1n) is 8.52. The molecular formula is C19H19N5O2. The molecule has 2 aromatic heterocycles. The Kier molecular flexibility index (Phi) is 3.91. The molecule has 7 heteroatoms. The summed E-state index contributed by atoms with van der Waals surface area (Å²) in [6, 6.07) is 9.27. The fraction of sp³-hybridized carbons (Fsp3) is 0.263. The van der Waals surface area contributed by atoms with Gasteiger partial charge in [-0.05, 0) is 30.5 Å². The molecule has 26 heavy (non-hydrogen) atoms. The van der Waals surface area contributed by atoms with Crippen molar-refractivity contribution in [1.29, 1.82) is 0 Å². The lowest BCUT2D eigenvalue weighted by Crippen LogP contribution is -2.30. The number of rotatable bonds is 5. The highest BCUT2D eigenvalue weighted by Gasteiger charge is 2.31. The Balaban J connectivity index is 1.72. The maximum atomic E-state index is 12.7. The number of nitrogens with one attached hydrogen (secondary N) is 1. The second-order valence-electron chi connectivity index (χ2n) is 6.67. The van der Waals surface area contributed by atoms with Gasteiger partial charge in [-0.2, -0.15) is 5.10 Å². The molecule has 1 fully saturated rings. The lowest BCUT2D eigenvalue weighted by atomic mass is 10.0. The summed E-state index contributed by atoms with van der Waals surface area (Å²) in [6.07, 6.45) is 4.23. The van der Waals surface area contributed by atoms with Crippen molar-refractivity contribution in [3.8, 4) is 0 Å². The molecule has 2 heterocycles. The molecule has 0 aliphatic heterocycles. The summed E-state index contributed by atoms with van der Waals surface area (Å²) in [4.78, 5) is 30.6. The molecule has 4 rings (SSSR count). The van der Waals surface area contributed by atoms with Gasteiger partial charge in [-0.25, -0.2) is 4.98 Å². The van der Waals surface area contributed by atoms with Crippen LogP contribution in [-0.2, 0) is 6.42 Å². The van der Waals surface area contributed by atoms with Gasteiger partial charge < -0.3 is 10.6 Å². The highest BCUT2D eigenvalue weighted by Crippen LogP contribution is 2.27. The Morgan fingerprint density at radius 1 is 1.31 bits per heavy atom. The maximum Gasteiger partial charge on any atom is 0.272 e. The summed E-state index contributed by atoms with van der Waals surface area (Å²) in [7, 11) is 1.77. The third-order valence-corrected chi connectivity index (χ3v) is 4.73. The molecule has 1 aliphatic rings. The number of hydrogen-bond donors (Lipinski definition) is 2. The number of nitrogens with two attached hydrogens (primary N) is 1. The number of H-pyrrole nitrogens is 1. The molecule has 0 unspecified atom stereocenters. The van der Waals surface area contributed by atoms with Crippen LogP contribution in [0.4, 0.5) is 0 Å². The van der Waals surface area contributed by atoms with E-state index in [1.807, 2.05) is 18.2 Å². The van der Waals surface area contributed by atoms with Crippen molar-refractivity contribution in [2.45, 2.75) is 25.3 Å². The summed E-state index contributed by atoms with van der Waals surface area (Å²) < 4.78 is 0. The van der Waals surface area contributed by atoms with Crippen molar-refractivity contribution in [2.24, 2.45) is 5.73 Å². The molecule has 1 aliphatic carbocycles. The van der Waals surface area contributed by atoms with Crippen LogP contribution in [0.1, 0.15) is 44.9 Å². The van der Waals surface area contributed by atoms with E-state index < -0.39 is 5.91 Å². The topological polar surface area (TPSA) is 105 Å². The molecule has 1 aromatic carbocycles. The Morgan fingerprint density at radius 2 is 2.12 bits per heavy atom. The quantitative estimate of drug-likeness (QED) is 0.733. The number of primary amides is 1. The minimum absolute atomic E-state index is 0.184. The van der Waals surface area contributed by atoms with E-state index in [1.165, 1.54) is 6.07 Å². The first-order chi connectivity index (χ1) is 12.5. The number of para-hydroxylation sites is 1. The summed E-state index contributed by atoms with van der Waals surface area (Å²) in [5.41, 5.74) is 8.53. The normalized spacial score (nSPS) is 13.7. The zero-order chi connectivity index (χ0) is 18.3. The van der Waals surface area contributed by atoms with Gasteiger partial charge in [0.05, 0.1) is 11.7 Å². The number of nitrogens with zero attached hydrogens (tertiary/aromatic N) is 3. The third kappa shape index (κ3) is 3.03. The SMILES string of the molecule is CN(C(=O)c1cc(C(N)=O)cc(Cc2cccc3cn[nH]c23)n1)C1CC1.